The Bertz CT molecular complexity index is 858. The Labute approximate surface area is 125 Å². The predicted octanol–water partition coefficient (Wildman–Crippen LogP) is 1.68. The summed E-state index contributed by atoms with van der Waals surface area (Å²) in [7, 11) is 3.88. The molecular formula is C14H14N6S. The molecular weight excluding hydrogens is 284 g/mol. The van der Waals surface area contributed by atoms with Crippen LogP contribution in [0.1, 0.15) is 0 Å². The summed E-state index contributed by atoms with van der Waals surface area (Å²) in [6.07, 6.45) is 3.45. The van der Waals surface area contributed by atoms with Gasteiger partial charge in [-0.05, 0) is 35.8 Å². The minimum Gasteiger partial charge on any atom is -0.289 e. The molecule has 7 heteroatoms. The van der Waals surface area contributed by atoms with E-state index in [4.69, 9.17) is 0 Å². The molecule has 0 atom stereocenters. The first-order valence-corrected chi connectivity index (χ1v) is 7.16. The first kappa shape index (κ1) is 13.4. The fraction of sp³-hybridized carbons (Fsp3) is 0.143. The van der Waals surface area contributed by atoms with E-state index in [2.05, 4.69) is 20.0 Å². The molecule has 0 aliphatic heterocycles. The molecule has 106 valence electrons. The highest BCUT2D eigenvalue weighted by Crippen LogP contribution is 2.04. The number of nitrogens with zero attached hydrogens (tertiary/aromatic N) is 6. The van der Waals surface area contributed by atoms with E-state index < -0.39 is 0 Å². The molecule has 3 aromatic heterocycles. The smallest absolute Gasteiger partial charge is 0.222 e. The Balaban J connectivity index is 2.14. The highest BCUT2D eigenvalue weighted by atomic mass is 32.1. The third-order valence-electron chi connectivity index (χ3n) is 2.81. The zero-order chi connectivity index (χ0) is 14.7. The summed E-state index contributed by atoms with van der Waals surface area (Å²) in [6, 6.07) is 11.3. The Hall–Kier alpha value is -2.54. The van der Waals surface area contributed by atoms with Crippen molar-refractivity contribution in [3.05, 3.63) is 59.2 Å². The fourth-order valence-electron chi connectivity index (χ4n) is 1.80. The van der Waals surface area contributed by atoms with Crippen molar-refractivity contribution in [2.24, 2.45) is 24.1 Å². The van der Waals surface area contributed by atoms with Crippen molar-refractivity contribution in [1.29, 1.82) is 0 Å². The second kappa shape index (κ2) is 5.84. The summed E-state index contributed by atoms with van der Waals surface area (Å²) in [5, 5.41) is 0. The summed E-state index contributed by atoms with van der Waals surface area (Å²) in [5.74, 6) is 1.35. The van der Waals surface area contributed by atoms with Crippen molar-refractivity contribution in [3.8, 4) is 0 Å². The van der Waals surface area contributed by atoms with Crippen molar-refractivity contribution in [3.63, 3.8) is 0 Å². The number of hydrogen-bond acceptors (Lipinski definition) is 5. The molecule has 0 aliphatic rings. The average molecular weight is 298 g/mol. The number of rotatable bonds is 2. The van der Waals surface area contributed by atoms with Crippen LogP contribution in [0.2, 0.25) is 0 Å². The van der Waals surface area contributed by atoms with Gasteiger partial charge in [-0.25, -0.2) is 9.97 Å². The van der Waals surface area contributed by atoms with E-state index in [0.29, 0.717) is 11.6 Å². The first-order valence-electron chi connectivity index (χ1n) is 6.39. The lowest BCUT2D eigenvalue weighted by Gasteiger charge is -1.94. The standard InChI is InChI=1S/C14H14N6S/c1-19-13(17-11-7-3-5-9-15-11)20(2)21-14(19)18-12-8-4-6-10-16-12/h3-10H,1-2H3/b17-13-,18-14-. The van der Waals surface area contributed by atoms with E-state index in [1.165, 1.54) is 11.5 Å². The third kappa shape index (κ3) is 2.97. The van der Waals surface area contributed by atoms with Gasteiger partial charge in [0.05, 0.1) is 0 Å². The van der Waals surface area contributed by atoms with Crippen LogP contribution in [0.3, 0.4) is 0 Å². The lowest BCUT2D eigenvalue weighted by molar-refractivity contribution is 0.735. The van der Waals surface area contributed by atoms with Crippen LogP contribution in [0.5, 0.6) is 0 Å². The van der Waals surface area contributed by atoms with Gasteiger partial charge >= 0.3 is 0 Å². The fourth-order valence-corrected chi connectivity index (χ4v) is 2.63. The maximum atomic E-state index is 4.55. The second-order valence-corrected chi connectivity index (χ2v) is 5.43. The van der Waals surface area contributed by atoms with Crippen LogP contribution in [-0.4, -0.2) is 18.5 Å². The van der Waals surface area contributed by atoms with Crippen molar-refractivity contribution < 1.29 is 0 Å². The maximum Gasteiger partial charge on any atom is 0.222 e. The number of hydrogen-bond donors (Lipinski definition) is 0. The van der Waals surface area contributed by atoms with E-state index >= 15 is 0 Å². The predicted molar refractivity (Wildman–Crippen MR) is 81.2 cm³/mol. The molecule has 0 aliphatic carbocycles. The Morgan fingerprint density at radius 1 is 0.905 bits per heavy atom. The Morgan fingerprint density at radius 2 is 1.52 bits per heavy atom. The summed E-state index contributed by atoms with van der Waals surface area (Å²) >= 11 is 1.51. The molecule has 0 N–H and O–H groups in total. The lowest BCUT2D eigenvalue weighted by Crippen LogP contribution is -2.26. The van der Waals surface area contributed by atoms with Crippen LogP contribution in [0, 0.1) is 0 Å². The molecule has 0 radical (unpaired) electrons. The zero-order valence-electron chi connectivity index (χ0n) is 11.7. The van der Waals surface area contributed by atoms with Crippen LogP contribution in [0.4, 0.5) is 11.6 Å². The molecule has 0 unspecified atom stereocenters. The van der Waals surface area contributed by atoms with Crippen molar-refractivity contribution in [1.82, 2.24) is 18.5 Å². The zero-order valence-corrected chi connectivity index (χ0v) is 12.5. The molecule has 21 heavy (non-hydrogen) atoms. The summed E-state index contributed by atoms with van der Waals surface area (Å²) in [4.78, 5) is 18.3. The molecule has 0 spiro atoms. The Morgan fingerprint density at radius 3 is 2.10 bits per heavy atom. The van der Waals surface area contributed by atoms with Gasteiger partial charge in [0, 0.05) is 26.5 Å². The van der Waals surface area contributed by atoms with Gasteiger partial charge in [-0.15, -0.1) is 0 Å². The molecule has 0 saturated carbocycles. The highest BCUT2D eigenvalue weighted by molar-refractivity contribution is 7.03. The van der Waals surface area contributed by atoms with Gasteiger partial charge in [-0.2, -0.15) is 9.98 Å². The normalized spacial score (nSPS) is 12.9. The molecule has 0 fully saturated rings. The largest absolute Gasteiger partial charge is 0.289 e. The van der Waals surface area contributed by atoms with Gasteiger partial charge in [0.2, 0.25) is 10.4 Å². The van der Waals surface area contributed by atoms with Crippen molar-refractivity contribution in [2.45, 2.75) is 0 Å². The first-order chi connectivity index (χ1) is 10.2. The molecule has 3 aromatic rings. The molecule has 0 amide bonds. The van der Waals surface area contributed by atoms with Crippen LogP contribution < -0.4 is 10.4 Å². The van der Waals surface area contributed by atoms with Crippen LogP contribution in [-0.2, 0) is 14.1 Å². The van der Waals surface area contributed by atoms with Crippen molar-refractivity contribution >= 4 is 23.2 Å². The number of aromatic nitrogens is 4. The minimum absolute atomic E-state index is 0.672. The van der Waals surface area contributed by atoms with Gasteiger partial charge in [0.1, 0.15) is 0 Å². The van der Waals surface area contributed by atoms with E-state index in [9.17, 15) is 0 Å². The molecule has 3 heterocycles. The molecule has 0 bridgehead atoms. The SMILES string of the molecule is Cn1s/c(=N\c2ccccn2)n(C)/c1=N/c1ccccn1. The molecule has 0 saturated heterocycles. The second-order valence-electron chi connectivity index (χ2n) is 4.33. The molecule has 3 rings (SSSR count). The van der Waals surface area contributed by atoms with Crippen LogP contribution >= 0.6 is 11.5 Å². The van der Waals surface area contributed by atoms with Gasteiger partial charge < -0.3 is 0 Å². The highest BCUT2D eigenvalue weighted by Gasteiger charge is 2.01. The maximum absolute atomic E-state index is 4.55. The third-order valence-corrected chi connectivity index (χ3v) is 3.78. The topological polar surface area (TPSA) is 60.4 Å². The average Bonchev–Trinajstić information content (AvgIpc) is 2.77. The Kier molecular flexibility index (Phi) is 3.74. The van der Waals surface area contributed by atoms with E-state index in [-0.39, 0.29) is 0 Å². The van der Waals surface area contributed by atoms with Gasteiger partial charge in [0.15, 0.2) is 11.6 Å². The molecule has 0 aromatic carbocycles. The molecule has 6 nitrogen and oxygen atoms in total. The minimum atomic E-state index is 0.672. The van der Waals surface area contributed by atoms with Crippen molar-refractivity contribution in [2.75, 3.05) is 0 Å². The van der Waals surface area contributed by atoms with Gasteiger partial charge in [-0.3, -0.25) is 8.52 Å². The number of pyridine rings is 2. The van der Waals surface area contributed by atoms with Gasteiger partial charge in [-0.1, -0.05) is 12.1 Å². The monoisotopic (exact) mass is 298 g/mol. The van der Waals surface area contributed by atoms with E-state index in [1.54, 1.807) is 12.4 Å². The quantitative estimate of drug-likeness (QED) is 0.722. The van der Waals surface area contributed by atoms with Gasteiger partial charge in [0.25, 0.3) is 0 Å². The summed E-state index contributed by atoms with van der Waals surface area (Å²) < 4.78 is 3.88. The van der Waals surface area contributed by atoms with Crippen LogP contribution in [0.15, 0.2) is 58.8 Å². The number of aryl methyl sites for hydroxylation is 1. The summed E-state index contributed by atoms with van der Waals surface area (Å²) in [5.41, 5.74) is 0.786. The van der Waals surface area contributed by atoms with E-state index in [0.717, 1.165) is 10.4 Å². The summed E-state index contributed by atoms with van der Waals surface area (Å²) in [6.45, 7) is 0. The van der Waals surface area contributed by atoms with E-state index in [1.807, 2.05) is 59.0 Å². The lowest BCUT2D eigenvalue weighted by atomic mass is 10.5. The van der Waals surface area contributed by atoms with Crippen LogP contribution in [0.25, 0.3) is 0 Å².